The quantitative estimate of drug-likeness (QED) is 0.678. The van der Waals surface area contributed by atoms with Gasteiger partial charge in [0.1, 0.15) is 12.9 Å². The van der Waals surface area contributed by atoms with Gasteiger partial charge in [-0.1, -0.05) is 0 Å². The zero-order valence-electron chi connectivity index (χ0n) is 15.2. The summed E-state index contributed by atoms with van der Waals surface area (Å²) in [4.78, 5) is 36.2. The van der Waals surface area contributed by atoms with Crippen molar-refractivity contribution >= 4 is 18.0 Å². The Labute approximate surface area is 159 Å². The van der Waals surface area contributed by atoms with Crippen molar-refractivity contribution in [1.82, 2.24) is 30.8 Å². The highest BCUT2D eigenvalue weighted by atomic mass is 16.5. The molecule has 2 N–H and O–H groups in total. The Morgan fingerprint density at radius 1 is 1.18 bits per heavy atom. The predicted octanol–water partition coefficient (Wildman–Crippen LogP) is 0.338. The summed E-state index contributed by atoms with van der Waals surface area (Å²) in [7, 11) is 0. The van der Waals surface area contributed by atoms with Crippen molar-refractivity contribution < 1.29 is 23.9 Å². The molecular formula is C17H18N6O5. The number of benzene rings is 1. The predicted molar refractivity (Wildman–Crippen MR) is 94.2 cm³/mol. The second-order valence-electron chi connectivity index (χ2n) is 5.81. The summed E-state index contributed by atoms with van der Waals surface area (Å²) in [6.07, 6.45) is 1.43. The first-order valence-corrected chi connectivity index (χ1v) is 8.47. The molecule has 2 aromatic rings. The van der Waals surface area contributed by atoms with Gasteiger partial charge >= 0.3 is 18.0 Å². The fourth-order valence-electron chi connectivity index (χ4n) is 2.64. The van der Waals surface area contributed by atoms with E-state index in [2.05, 4.69) is 26.2 Å². The van der Waals surface area contributed by atoms with Gasteiger partial charge in [0, 0.05) is 0 Å². The third kappa shape index (κ3) is 4.14. The maximum atomic E-state index is 12.3. The van der Waals surface area contributed by atoms with Gasteiger partial charge in [-0.3, -0.25) is 0 Å². The highest BCUT2D eigenvalue weighted by molar-refractivity contribution is 5.95. The van der Waals surface area contributed by atoms with E-state index >= 15 is 0 Å². The number of tetrazole rings is 1. The van der Waals surface area contributed by atoms with E-state index in [0.717, 1.165) is 0 Å². The maximum absolute atomic E-state index is 12.3. The van der Waals surface area contributed by atoms with Gasteiger partial charge in [0.15, 0.2) is 0 Å². The van der Waals surface area contributed by atoms with Crippen molar-refractivity contribution in [2.45, 2.75) is 19.9 Å². The number of ether oxygens (including phenoxy) is 2. The minimum Gasteiger partial charge on any atom is -0.463 e. The van der Waals surface area contributed by atoms with Crippen LogP contribution in [-0.4, -0.2) is 57.4 Å². The number of nitrogens with one attached hydrogen (secondary N) is 2. The smallest absolute Gasteiger partial charge is 0.338 e. The molecule has 0 radical (unpaired) electrons. The van der Waals surface area contributed by atoms with Gasteiger partial charge < -0.3 is 20.1 Å². The van der Waals surface area contributed by atoms with Crippen molar-refractivity contribution in [3.8, 4) is 5.69 Å². The Morgan fingerprint density at radius 2 is 1.93 bits per heavy atom. The highest BCUT2D eigenvalue weighted by Gasteiger charge is 2.30. The fourth-order valence-corrected chi connectivity index (χ4v) is 2.64. The van der Waals surface area contributed by atoms with Crippen molar-refractivity contribution in [3.05, 3.63) is 47.4 Å². The molecule has 0 saturated carbocycles. The van der Waals surface area contributed by atoms with E-state index in [9.17, 15) is 14.4 Å². The third-order valence-electron chi connectivity index (χ3n) is 3.93. The van der Waals surface area contributed by atoms with Gasteiger partial charge in [-0.15, -0.1) is 5.10 Å². The molecule has 0 bridgehead atoms. The first kappa shape index (κ1) is 19.0. The number of carbonyl (C=O) groups excluding carboxylic acids is 3. The van der Waals surface area contributed by atoms with Crippen LogP contribution in [0, 0.1) is 0 Å². The van der Waals surface area contributed by atoms with E-state index in [-0.39, 0.29) is 24.5 Å². The highest BCUT2D eigenvalue weighted by Crippen LogP contribution is 2.16. The number of amides is 2. The SMILES string of the molecule is CCOC(=O)C1=C(COC(=O)c2ccc(-n3cnnn3)cc2)NC(=O)N[C@H]1C. The summed E-state index contributed by atoms with van der Waals surface area (Å²) >= 11 is 0. The fraction of sp³-hybridized carbons (Fsp3) is 0.294. The van der Waals surface area contributed by atoms with Gasteiger partial charge in [0.25, 0.3) is 0 Å². The maximum Gasteiger partial charge on any atom is 0.338 e. The van der Waals surface area contributed by atoms with Crippen molar-refractivity contribution in [1.29, 1.82) is 0 Å². The second-order valence-corrected chi connectivity index (χ2v) is 5.81. The number of aromatic nitrogens is 4. The third-order valence-corrected chi connectivity index (χ3v) is 3.93. The summed E-state index contributed by atoms with van der Waals surface area (Å²) in [5.41, 5.74) is 1.37. The number of carbonyl (C=O) groups is 3. The Balaban J connectivity index is 1.71. The largest absolute Gasteiger partial charge is 0.463 e. The molecule has 0 spiro atoms. The number of hydrogen-bond donors (Lipinski definition) is 2. The van der Waals surface area contributed by atoms with Gasteiger partial charge in [0.2, 0.25) is 0 Å². The van der Waals surface area contributed by atoms with E-state index < -0.39 is 24.0 Å². The first-order chi connectivity index (χ1) is 13.5. The van der Waals surface area contributed by atoms with Crippen LogP contribution in [0.2, 0.25) is 0 Å². The summed E-state index contributed by atoms with van der Waals surface area (Å²) in [5, 5.41) is 15.9. The van der Waals surface area contributed by atoms with Crippen molar-refractivity contribution in [2.75, 3.05) is 13.2 Å². The Hall–Kier alpha value is -3.76. The molecule has 2 heterocycles. The van der Waals surface area contributed by atoms with Crippen LogP contribution in [0.5, 0.6) is 0 Å². The Morgan fingerprint density at radius 3 is 2.57 bits per heavy atom. The summed E-state index contributed by atoms with van der Waals surface area (Å²) in [6.45, 7) is 3.23. The molecule has 146 valence electrons. The monoisotopic (exact) mass is 386 g/mol. The van der Waals surface area contributed by atoms with Gasteiger partial charge in [-0.25, -0.2) is 19.1 Å². The van der Waals surface area contributed by atoms with Crippen molar-refractivity contribution in [3.63, 3.8) is 0 Å². The molecule has 1 aliphatic heterocycles. The number of hydrogen-bond acceptors (Lipinski definition) is 8. The second kappa shape index (κ2) is 8.29. The van der Waals surface area contributed by atoms with Crippen molar-refractivity contribution in [2.24, 2.45) is 0 Å². The Kier molecular flexibility index (Phi) is 5.63. The molecule has 0 aliphatic carbocycles. The van der Waals surface area contributed by atoms with Crippen LogP contribution in [0.15, 0.2) is 41.9 Å². The lowest BCUT2D eigenvalue weighted by atomic mass is 10.0. The molecule has 1 aromatic carbocycles. The van der Waals surface area contributed by atoms with E-state index in [0.29, 0.717) is 11.3 Å². The first-order valence-electron chi connectivity index (χ1n) is 8.47. The van der Waals surface area contributed by atoms with E-state index in [1.165, 1.54) is 11.0 Å². The standard InChI is InChI=1S/C17H18N6O5/c1-3-27-16(25)14-10(2)19-17(26)20-13(14)8-28-15(24)11-4-6-12(7-5-11)23-9-18-21-22-23/h4-7,9-10H,3,8H2,1-2H3,(H2,19,20,26)/t10-/m0/s1. The molecule has 3 rings (SSSR count). The number of nitrogens with zero attached hydrogens (tertiary/aromatic N) is 4. The normalized spacial score (nSPS) is 16.2. The molecule has 0 unspecified atom stereocenters. The van der Waals surface area contributed by atoms with Gasteiger partial charge in [-0.05, 0) is 48.5 Å². The minimum absolute atomic E-state index is 0.184. The molecule has 1 aromatic heterocycles. The molecule has 11 heteroatoms. The average molecular weight is 386 g/mol. The van der Waals surface area contributed by atoms with Gasteiger partial charge in [-0.2, -0.15) is 0 Å². The molecule has 1 aliphatic rings. The van der Waals surface area contributed by atoms with Crippen LogP contribution >= 0.6 is 0 Å². The van der Waals surface area contributed by atoms with Gasteiger partial charge in [0.05, 0.1) is 35.2 Å². The number of esters is 2. The molecule has 28 heavy (non-hydrogen) atoms. The van der Waals surface area contributed by atoms with Crippen LogP contribution in [0.1, 0.15) is 24.2 Å². The lowest BCUT2D eigenvalue weighted by Gasteiger charge is -2.26. The van der Waals surface area contributed by atoms with E-state index in [1.807, 2.05) is 0 Å². The van der Waals surface area contributed by atoms with Crippen LogP contribution in [0.4, 0.5) is 4.79 Å². The average Bonchev–Trinajstić information content (AvgIpc) is 3.20. The zero-order chi connectivity index (χ0) is 20.1. The molecular weight excluding hydrogens is 368 g/mol. The lowest BCUT2D eigenvalue weighted by Crippen LogP contribution is -2.50. The Bertz CT molecular complexity index is 907. The van der Waals surface area contributed by atoms with Crippen LogP contribution in [0.25, 0.3) is 5.69 Å². The number of urea groups is 1. The van der Waals surface area contributed by atoms with E-state index in [1.54, 1.807) is 38.1 Å². The summed E-state index contributed by atoms with van der Waals surface area (Å²) in [5.74, 6) is -1.20. The topological polar surface area (TPSA) is 137 Å². The molecule has 0 fully saturated rings. The lowest BCUT2D eigenvalue weighted by molar-refractivity contribution is -0.139. The van der Waals surface area contributed by atoms with Crippen LogP contribution in [0.3, 0.4) is 0 Å². The van der Waals surface area contributed by atoms with Crippen LogP contribution < -0.4 is 10.6 Å². The zero-order valence-corrected chi connectivity index (χ0v) is 15.2. The summed E-state index contributed by atoms with van der Waals surface area (Å²) < 4.78 is 11.7. The molecule has 0 saturated heterocycles. The molecule has 11 nitrogen and oxygen atoms in total. The molecule has 2 amide bonds. The summed E-state index contributed by atoms with van der Waals surface area (Å²) in [6, 6.07) is 5.37. The number of rotatable bonds is 6. The van der Waals surface area contributed by atoms with E-state index in [4.69, 9.17) is 9.47 Å². The molecule has 1 atom stereocenters. The van der Waals surface area contributed by atoms with Crippen LogP contribution in [-0.2, 0) is 14.3 Å². The minimum atomic E-state index is -0.612.